The number of benzene rings is 1. The van der Waals surface area contributed by atoms with Gasteiger partial charge in [0.25, 0.3) is 0 Å². The van der Waals surface area contributed by atoms with Gasteiger partial charge < -0.3 is 9.47 Å². The summed E-state index contributed by atoms with van der Waals surface area (Å²) in [6, 6.07) is 6.03. The summed E-state index contributed by atoms with van der Waals surface area (Å²) >= 11 is 5.85. The summed E-state index contributed by atoms with van der Waals surface area (Å²) in [5.41, 5.74) is 3.08. The highest BCUT2D eigenvalue weighted by molar-refractivity contribution is 6.17. The molecule has 108 valence electrons. The van der Waals surface area contributed by atoms with Crippen molar-refractivity contribution < 1.29 is 4.79 Å². The third-order valence-corrected chi connectivity index (χ3v) is 3.76. The zero-order valence-electron chi connectivity index (χ0n) is 12.2. The second-order valence-electron chi connectivity index (χ2n) is 4.90. The van der Waals surface area contributed by atoms with Crippen molar-refractivity contribution in [2.75, 3.05) is 19.5 Å². The maximum atomic E-state index is 12.2. The highest BCUT2D eigenvalue weighted by atomic mass is 35.5. The van der Waals surface area contributed by atoms with Crippen LogP contribution in [-0.2, 0) is 17.8 Å². The largest absolute Gasteiger partial charge is 0.344 e. The number of para-hydroxylation sites is 1. The third-order valence-electron chi connectivity index (χ3n) is 3.57. The van der Waals surface area contributed by atoms with Crippen LogP contribution < -0.4 is 0 Å². The van der Waals surface area contributed by atoms with E-state index in [1.54, 1.807) is 4.90 Å². The number of imidazole rings is 1. The lowest BCUT2D eigenvalue weighted by Gasteiger charge is -2.16. The van der Waals surface area contributed by atoms with Gasteiger partial charge in [0.15, 0.2) is 0 Å². The Bertz CT molecular complexity index is 621. The van der Waals surface area contributed by atoms with Crippen LogP contribution in [0.2, 0.25) is 0 Å². The SMILES string of the molecule is CCN(C)C(=O)Cn1c(CCCl)nc2c(C)cccc21. The first-order valence-electron chi connectivity index (χ1n) is 6.83. The number of nitrogens with zero attached hydrogens (tertiary/aromatic N) is 3. The second-order valence-corrected chi connectivity index (χ2v) is 5.28. The lowest BCUT2D eigenvalue weighted by Crippen LogP contribution is -2.30. The number of aryl methyl sites for hydroxylation is 2. The van der Waals surface area contributed by atoms with E-state index in [0.717, 1.165) is 22.4 Å². The molecular formula is C15H20ClN3O. The Kier molecular flexibility index (Phi) is 4.65. The van der Waals surface area contributed by atoms with Gasteiger partial charge >= 0.3 is 0 Å². The fraction of sp³-hybridized carbons (Fsp3) is 0.467. The van der Waals surface area contributed by atoms with Gasteiger partial charge in [-0.25, -0.2) is 4.98 Å². The first-order valence-corrected chi connectivity index (χ1v) is 7.36. The summed E-state index contributed by atoms with van der Waals surface area (Å²) in [5, 5.41) is 0. The van der Waals surface area contributed by atoms with Crippen LogP contribution in [0.4, 0.5) is 0 Å². The Balaban J connectivity index is 2.46. The van der Waals surface area contributed by atoms with Crippen LogP contribution in [0, 0.1) is 6.92 Å². The molecular weight excluding hydrogens is 274 g/mol. The molecule has 2 rings (SSSR count). The number of hydrogen-bond donors (Lipinski definition) is 0. The Hall–Kier alpha value is -1.55. The second kappa shape index (κ2) is 6.27. The van der Waals surface area contributed by atoms with Gasteiger partial charge in [-0.2, -0.15) is 0 Å². The quantitative estimate of drug-likeness (QED) is 0.795. The van der Waals surface area contributed by atoms with Crippen molar-refractivity contribution in [3.8, 4) is 0 Å². The van der Waals surface area contributed by atoms with E-state index in [9.17, 15) is 4.79 Å². The van der Waals surface area contributed by atoms with Gasteiger partial charge in [-0.05, 0) is 25.5 Å². The lowest BCUT2D eigenvalue weighted by molar-refractivity contribution is -0.130. The Morgan fingerprint density at radius 3 is 2.85 bits per heavy atom. The highest BCUT2D eigenvalue weighted by Gasteiger charge is 2.16. The van der Waals surface area contributed by atoms with E-state index < -0.39 is 0 Å². The molecule has 1 aromatic heterocycles. The Morgan fingerprint density at radius 2 is 2.20 bits per heavy atom. The van der Waals surface area contributed by atoms with Gasteiger partial charge in [0.1, 0.15) is 12.4 Å². The van der Waals surface area contributed by atoms with Crippen LogP contribution >= 0.6 is 11.6 Å². The molecule has 2 aromatic rings. The van der Waals surface area contributed by atoms with Crippen molar-refractivity contribution in [2.24, 2.45) is 0 Å². The minimum atomic E-state index is 0.0872. The fourth-order valence-electron chi connectivity index (χ4n) is 2.22. The van der Waals surface area contributed by atoms with Gasteiger partial charge in [-0.3, -0.25) is 4.79 Å². The standard InChI is InChI=1S/C15H20ClN3O/c1-4-18(3)14(20)10-19-12-7-5-6-11(2)15(12)17-13(19)8-9-16/h5-7H,4,8-10H2,1-3H3. The topological polar surface area (TPSA) is 38.1 Å². The predicted molar refractivity (Wildman–Crippen MR) is 82.2 cm³/mol. The third kappa shape index (κ3) is 2.80. The molecule has 0 unspecified atom stereocenters. The highest BCUT2D eigenvalue weighted by Crippen LogP contribution is 2.20. The van der Waals surface area contributed by atoms with Gasteiger partial charge in [0.2, 0.25) is 5.91 Å². The Labute approximate surface area is 124 Å². The monoisotopic (exact) mass is 293 g/mol. The number of carbonyl (C=O) groups is 1. The van der Waals surface area contributed by atoms with E-state index in [-0.39, 0.29) is 5.91 Å². The van der Waals surface area contributed by atoms with E-state index in [2.05, 4.69) is 4.98 Å². The van der Waals surface area contributed by atoms with E-state index >= 15 is 0 Å². The van der Waals surface area contributed by atoms with Gasteiger partial charge in [0, 0.05) is 25.9 Å². The number of fused-ring (bicyclic) bond motifs is 1. The van der Waals surface area contributed by atoms with Crippen molar-refractivity contribution in [1.29, 1.82) is 0 Å². The first-order chi connectivity index (χ1) is 9.58. The molecule has 0 radical (unpaired) electrons. The molecule has 4 nitrogen and oxygen atoms in total. The van der Waals surface area contributed by atoms with Crippen molar-refractivity contribution in [1.82, 2.24) is 14.5 Å². The van der Waals surface area contributed by atoms with Gasteiger partial charge in [-0.1, -0.05) is 12.1 Å². The Morgan fingerprint density at radius 1 is 1.45 bits per heavy atom. The molecule has 1 amide bonds. The van der Waals surface area contributed by atoms with Crippen LogP contribution in [0.15, 0.2) is 18.2 Å². The summed E-state index contributed by atoms with van der Waals surface area (Å²) in [7, 11) is 1.81. The maximum absolute atomic E-state index is 12.2. The zero-order valence-corrected chi connectivity index (χ0v) is 12.9. The van der Waals surface area contributed by atoms with E-state index in [1.807, 2.05) is 43.7 Å². The molecule has 0 fully saturated rings. The molecule has 0 aliphatic carbocycles. The summed E-state index contributed by atoms with van der Waals surface area (Å²) in [5.74, 6) is 1.46. The molecule has 0 atom stereocenters. The fourth-order valence-corrected chi connectivity index (χ4v) is 2.39. The average molecular weight is 294 g/mol. The number of rotatable bonds is 5. The summed E-state index contributed by atoms with van der Waals surface area (Å²) in [6.45, 7) is 5.02. The van der Waals surface area contributed by atoms with E-state index in [4.69, 9.17) is 11.6 Å². The van der Waals surface area contributed by atoms with Crippen LogP contribution in [-0.4, -0.2) is 39.8 Å². The van der Waals surface area contributed by atoms with E-state index in [0.29, 0.717) is 25.4 Å². The zero-order chi connectivity index (χ0) is 14.7. The van der Waals surface area contributed by atoms with Crippen LogP contribution in [0.25, 0.3) is 11.0 Å². The lowest BCUT2D eigenvalue weighted by atomic mass is 10.2. The molecule has 5 heteroatoms. The maximum Gasteiger partial charge on any atom is 0.242 e. The summed E-state index contributed by atoms with van der Waals surface area (Å²) < 4.78 is 1.99. The number of likely N-dealkylation sites (N-methyl/N-ethyl adjacent to an activating group) is 1. The molecule has 0 N–H and O–H groups in total. The van der Waals surface area contributed by atoms with Crippen molar-refractivity contribution in [3.63, 3.8) is 0 Å². The summed E-state index contributed by atoms with van der Waals surface area (Å²) in [6.07, 6.45) is 0.665. The first kappa shape index (κ1) is 14.9. The molecule has 1 heterocycles. The number of amides is 1. The minimum absolute atomic E-state index is 0.0872. The van der Waals surface area contributed by atoms with Crippen molar-refractivity contribution >= 4 is 28.5 Å². The summed E-state index contributed by atoms with van der Waals surface area (Å²) in [4.78, 5) is 18.5. The number of hydrogen-bond acceptors (Lipinski definition) is 2. The van der Waals surface area contributed by atoms with Crippen molar-refractivity contribution in [2.45, 2.75) is 26.8 Å². The molecule has 0 bridgehead atoms. The molecule has 0 spiro atoms. The van der Waals surface area contributed by atoms with Gasteiger partial charge in [0.05, 0.1) is 11.0 Å². The molecule has 1 aromatic carbocycles. The molecule has 0 aliphatic rings. The van der Waals surface area contributed by atoms with E-state index in [1.165, 1.54) is 0 Å². The molecule has 0 aliphatic heterocycles. The normalized spacial score (nSPS) is 11.0. The molecule has 0 saturated heterocycles. The predicted octanol–water partition coefficient (Wildman–Crippen LogP) is 2.60. The average Bonchev–Trinajstić information content (AvgIpc) is 2.78. The van der Waals surface area contributed by atoms with Crippen LogP contribution in [0.3, 0.4) is 0 Å². The minimum Gasteiger partial charge on any atom is -0.344 e. The van der Waals surface area contributed by atoms with Gasteiger partial charge in [-0.15, -0.1) is 11.6 Å². The number of aromatic nitrogens is 2. The van der Waals surface area contributed by atoms with Crippen molar-refractivity contribution in [3.05, 3.63) is 29.6 Å². The smallest absolute Gasteiger partial charge is 0.242 e. The number of alkyl halides is 1. The molecule has 0 saturated carbocycles. The number of carbonyl (C=O) groups excluding carboxylic acids is 1. The van der Waals surface area contributed by atoms with Crippen LogP contribution in [0.1, 0.15) is 18.3 Å². The molecule has 20 heavy (non-hydrogen) atoms. The van der Waals surface area contributed by atoms with Crippen LogP contribution in [0.5, 0.6) is 0 Å². The number of halogens is 1.